The fraction of sp³-hybridized carbons (Fsp3) is 0.250. The molecule has 0 heterocycles. The third kappa shape index (κ3) is 5.42. The molecule has 0 amide bonds. The van der Waals surface area contributed by atoms with Crippen LogP contribution in [0.3, 0.4) is 0 Å². The van der Waals surface area contributed by atoms with E-state index in [1.807, 2.05) is 26.0 Å². The van der Waals surface area contributed by atoms with Crippen LogP contribution in [0.2, 0.25) is 0 Å². The van der Waals surface area contributed by atoms with Crippen molar-refractivity contribution in [3.8, 4) is 12.1 Å². The Morgan fingerprint density at radius 3 is 1.73 bits per heavy atom. The molecule has 0 unspecified atom stereocenters. The van der Waals surface area contributed by atoms with Gasteiger partial charge in [0, 0.05) is 0 Å². The van der Waals surface area contributed by atoms with Gasteiger partial charge in [0.2, 0.25) is 0 Å². The van der Waals surface area contributed by atoms with E-state index in [0.29, 0.717) is 0 Å². The van der Waals surface area contributed by atoms with Crippen molar-refractivity contribution in [2.75, 3.05) is 0 Å². The SMILES string of the molecule is C/C(=C\C#N)[Se]/C(C)=C/C#N. The van der Waals surface area contributed by atoms with Crippen molar-refractivity contribution in [3.63, 3.8) is 0 Å². The first-order valence-electron chi connectivity index (χ1n) is 3.01. The summed E-state index contributed by atoms with van der Waals surface area (Å²) in [6, 6.07) is 3.92. The molecule has 0 aliphatic carbocycles. The van der Waals surface area contributed by atoms with Gasteiger partial charge in [0.05, 0.1) is 0 Å². The molecule has 11 heavy (non-hydrogen) atoms. The van der Waals surface area contributed by atoms with E-state index in [-0.39, 0.29) is 15.0 Å². The third-order valence-corrected chi connectivity index (χ3v) is 2.70. The molecule has 0 saturated carbocycles. The van der Waals surface area contributed by atoms with Gasteiger partial charge in [-0.05, 0) is 0 Å². The van der Waals surface area contributed by atoms with Crippen LogP contribution < -0.4 is 0 Å². The number of allylic oxidation sites excluding steroid dienone is 4. The summed E-state index contributed by atoms with van der Waals surface area (Å²) in [5, 5.41) is 16.6. The van der Waals surface area contributed by atoms with Crippen molar-refractivity contribution in [2.24, 2.45) is 0 Å². The minimum absolute atomic E-state index is 0.172. The number of nitriles is 2. The van der Waals surface area contributed by atoms with Gasteiger partial charge in [-0.2, -0.15) is 0 Å². The average molecular weight is 211 g/mol. The topological polar surface area (TPSA) is 47.6 Å². The van der Waals surface area contributed by atoms with Crippen LogP contribution in [0.4, 0.5) is 0 Å². The maximum absolute atomic E-state index is 8.28. The zero-order valence-corrected chi connectivity index (χ0v) is 8.17. The molecule has 0 radical (unpaired) electrons. The molecular formula is C8H8N2Se. The summed E-state index contributed by atoms with van der Waals surface area (Å²) < 4.78 is 2.09. The molecule has 0 bridgehead atoms. The Kier molecular flexibility index (Phi) is 5.21. The van der Waals surface area contributed by atoms with E-state index in [0.717, 1.165) is 8.94 Å². The molecule has 0 aromatic rings. The molecule has 0 saturated heterocycles. The van der Waals surface area contributed by atoms with Crippen molar-refractivity contribution in [1.29, 1.82) is 10.5 Å². The Labute approximate surface area is 73.0 Å². The van der Waals surface area contributed by atoms with Gasteiger partial charge < -0.3 is 0 Å². The second-order valence-electron chi connectivity index (χ2n) is 1.87. The number of hydrogen-bond acceptors (Lipinski definition) is 2. The summed E-state index contributed by atoms with van der Waals surface area (Å²) in [6.07, 6.45) is 3.05. The quantitative estimate of drug-likeness (QED) is 0.513. The Morgan fingerprint density at radius 2 is 1.45 bits per heavy atom. The van der Waals surface area contributed by atoms with Crippen molar-refractivity contribution < 1.29 is 0 Å². The average Bonchev–Trinajstić information content (AvgIpc) is 1.87. The molecule has 0 rings (SSSR count). The summed E-state index contributed by atoms with van der Waals surface area (Å²) in [4.78, 5) is 0. The van der Waals surface area contributed by atoms with Crippen molar-refractivity contribution in [2.45, 2.75) is 13.8 Å². The second-order valence-corrected chi connectivity index (χ2v) is 5.00. The standard InChI is InChI=1S/C8H8N2Se/c1-7(3-5-9)11-8(2)4-6-10/h3-4H,1-2H3/b7-3+,8-4+. The fourth-order valence-corrected chi connectivity index (χ4v) is 2.03. The molecule has 0 spiro atoms. The molecule has 0 N–H and O–H groups in total. The predicted molar refractivity (Wildman–Crippen MR) is 44.5 cm³/mol. The van der Waals surface area contributed by atoms with Gasteiger partial charge in [-0.3, -0.25) is 0 Å². The van der Waals surface area contributed by atoms with Crippen molar-refractivity contribution in [1.82, 2.24) is 0 Å². The molecular weight excluding hydrogens is 203 g/mol. The first-order chi connectivity index (χ1) is 5.20. The molecule has 0 fully saturated rings. The number of rotatable bonds is 2. The second kappa shape index (κ2) is 5.74. The van der Waals surface area contributed by atoms with E-state index in [4.69, 9.17) is 10.5 Å². The van der Waals surface area contributed by atoms with Gasteiger partial charge in [-0.15, -0.1) is 0 Å². The number of hydrogen-bond donors (Lipinski definition) is 0. The van der Waals surface area contributed by atoms with Gasteiger partial charge in [0.1, 0.15) is 0 Å². The van der Waals surface area contributed by atoms with Gasteiger partial charge in [0.15, 0.2) is 0 Å². The first kappa shape index (κ1) is 9.98. The molecule has 0 atom stereocenters. The monoisotopic (exact) mass is 212 g/mol. The van der Waals surface area contributed by atoms with Gasteiger partial charge in [0.25, 0.3) is 0 Å². The zero-order chi connectivity index (χ0) is 8.69. The van der Waals surface area contributed by atoms with Gasteiger partial charge >= 0.3 is 72.6 Å². The molecule has 0 aliphatic rings. The third-order valence-electron chi connectivity index (χ3n) is 0.858. The summed E-state index contributed by atoms with van der Waals surface area (Å²) in [5.74, 6) is 0. The molecule has 0 aromatic carbocycles. The van der Waals surface area contributed by atoms with Gasteiger partial charge in [-0.1, -0.05) is 0 Å². The normalized spacial score (nSPS) is 12.0. The van der Waals surface area contributed by atoms with E-state index >= 15 is 0 Å². The van der Waals surface area contributed by atoms with Crippen LogP contribution >= 0.6 is 0 Å². The first-order valence-corrected chi connectivity index (χ1v) is 4.72. The van der Waals surface area contributed by atoms with E-state index in [9.17, 15) is 0 Å². The van der Waals surface area contributed by atoms with Crippen LogP contribution in [0.25, 0.3) is 0 Å². The molecule has 2 nitrogen and oxygen atoms in total. The van der Waals surface area contributed by atoms with E-state index < -0.39 is 0 Å². The Morgan fingerprint density at radius 1 is 1.09 bits per heavy atom. The summed E-state index contributed by atoms with van der Waals surface area (Å²) >= 11 is 0.172. The molecule has 0 aliphatic heterocycles. The fourth-order valence-electron chi connectivity index (χ4n) is 0.495. The Balaban J connectivity index is 4.10. The predicted octanol–water partition coefficient (Wildman–Crippen LogP) is 1.55. The molecule has 3 heteroatoms. The maximum atomic E-state index is 8.28. The molecule has 56 valence electrons. The summed E-state index contributed by atoms with van der Waals surface area (Å²) in [7, 11) is 0. The van der Waals surface area contributed by atoms with Gasteiger partial charge in [-0.25, -0.2) is 0 Å². The summed E-state index contributed by atoms with van der Waals surface area (Å²) in [5.41, 5.74) is 0. The van der Waals surface area contributed by atoms with E-state index in [1.165, 1.54) is 12.2 Å². The van der Waals surface area contributed by atoms with Crippen molar-refractivity contribution in [3.05, 3.63) is 21.1 Å². The van der Waals surface area contributed by atoms with Crippen LogP contribution in [-0.4, -0.2) is 15.0 Å². The summed E-state index contributed by atoms with van der Waals surface area (Å²) in [6.45, 7) is 3.80. The van der Waals surface area contributed by atoms with Crippen LogP contribution in [0, 0.1) is 22.7 Å². The van der Waals surface area contributed by atoms with Crippen LogP contribution in [-0.2, 0) is 0 Å². The molecule has 0 aromatic heterocycles. The van der Waals surface area contributed by atoms with Crippen molar-refractivity contribution >= 4 is 15.0 Å². The Bertz CT molecular complexity index is 235. The van der Waals surface area contributed by atoms with Crippen LogP contribution in [0.1, 0.15) is 13.8 Å². The minimum atomic E-state index is 0.172. The van der Waals surface area contributed by atoms with Crippen LogP contribution in [0.5, 0.6) is 0 Å². The number of nitrogens with zero attached hydrogens (tertiary/aromatic N) is 2. The zero-order valence-electron chi connectivity index (χ0n) is 6.46. The van der Waals surface area contributed by atoms with Crippen LogP contribution in [0.15, 0.2) is 21.1 Å². The van der Waals surface area contributed by atoms with E-state index in [1.54, 1.807) is 0 Å². The van der Waals surface area contributed by atoms with E-state index in [2.05, 4.69) is 0 Å². The Hall–Kier alpha value is -1.02.